The van der Waals surface area contributed by atoms with Gasteiger partial charge >= 0.3 is 0 Å². The number of benzene rings is 8. The van der Waals surface area contributed by atoms with Crippen molar-refractivity contribution in [2.75, 3.05) is 12.5 Å². The Morgan fingerprint density at radius 1 is 0.431 bits per heavy atom. The molecule has 0 bridgehead atoms. The van der Waals surface area contributed by atoms with Crippen LogP contribution < -0.4 is 5.19 Å². The predicted molar refractivity (Wildman–Crippen MR) is 230 cm³/mol. The summed E-state index contributed by atoms with van der Waals surface area (Å²) in [5.41, 5.74) is 4.90. The second-order valence-corrected chi connectivity index (χ2v) is 21.4. The van der Waals surface area contributed by atoms with Crippen molar-refractivity contribution in [1.29, 1.82) is 0 Å². The van der Waals surface area contributed by atoms with Crippen LogP contribution in [0.25, 0.3) is 67.4 Å². The van der Waals surface area contributed by atoms with Gasteiger partial charge in [0.25, 0.3) is 0 Å². The highest BCUT2D eigenvalue weighted by molar-refractivity contribution is 8.29. The Morgan fingerprint density at radius 2 is 0.784 bits per heavy atom. The molecule has 0 heterocycles. The van der Waals surface area contributed by atoms with Crippen LogP contribution in [0.2, 0.25) is 13.1 Å². The average Bonchev–Trinajstić information content (AvgIpc) is 3.15. The Labute approximate surface area is 304 Å². The Kier molecular flexibility index (Phi) is 8.73. The lowest BCUT2D eigenvalue weighted by atomic mass is 9.96. The average molecular weight is 695 g/mol. The molecule has 0 aromatic heterocycles. The van der Waals surface area contributed by atoms with Crippen LogP contribution in [0.1, 0.15) is 22.3 Å². The summed E-state index contributed by atoms with van der Waals surface area (Å²) >= 11 is 0. The SMILES string of the molecule is C[Si](C)(OS(C)(C)c1ccc(/C=C/c2c3ccccc3cc3ccccc23)cc1)c1ccc(/C=C/c2c3ccccc3cc3ccccc23)cc1. The van der Waals surface area contributed by atoms with Crippen LogP contribution in [-0.4, -0.2) is 20.8 Å². The van der Waals surface area contributed by atoms with E-state index in [0.29, 0.717) is 0 Å². The molecule has 0 aliphatic carbocycles. The Bertz CT molecular complexity index is 2310. The van der Waals surface area contributed by atoms with Gasteiger partial charge in [0.2, 0.25) is 8.32 Å². The van der Waals surface area contributed by atoms with E-state index in [4.69, 9.17) is 3.87 Å². The molecule has 8 aromatic rings. The quantitative estimate of drug-likeness (QED) is 0.0874. The minimum absolute atomic E-state index is 1.18. The second-order valence-electron chi connectivity index (χ2n) is 14.1. The summed E-state index contributed by atoms with van der Waals surface area (Å²) in [6.07, 6.45) is 13.6. The minimum atomic E-state index is -2.21. The third kappa shape index (κ3) is 6.69. The summed E-state index contributed by atoms with van der Waals surface area (Å²) in [5.74, 6) is 0. The Morgan fingerprint density at radius 3 is 1.18 bits per heavy atom. The molecule has 51 heavy (non-hydrogen) atoms. The summed E-state index contributed by atoms with van der Waals surface area (Å²) in [6, 6.07) is 57.2. The van der Waals surface area contributed by atoms with E-state index in [1.54, 1.807) is 0 Å². The van der Waals surface area contributed by atoms with Gasteiger partial charge in [-0.05, 0) is 120 Å². The highest BCUT2D eigenvalue weighted by atomic mass is 32.3. The molecule has 8 rings (SSSR count). The van der Waals surface area contributed by atoms with Gasteiger partial charge < -0.3 is 3.87 Å². The van der Waals surface area contributed by atoms with Crippen molar-refractivity contribution >= 4 is 91.2 Å². The van der Waals surface area contributed by atoms with Gasteiger partial charge in [-0.2, -0.15) is 0 Å². The molecule has 0 radical (unpaired) electrons. The summed E-state index contributed by atoms with van der Waals surface area (Å²) in [6.45, 7) is 4.64. The zero-order chi connectivity index (χ0) is 35.0. The van der Waals surface area contributed by atoms with Crippen LogP contribution in [0.3, 0.4) is 0 Å². The topological polar surface area (TPSA) is 9.23 Å². The van der Waals surface area contributed by atoms with Crippen LogP contribution >= 0.6 is 10.3 Å². The van der Waals surface area contributed by atoms with Gasteiger partial charge in [-0.15, -0.1) is 10.3 Å². The van der Waals surface area contributed by atoms with Crippen molar-refractivity contribution in [2.45, 2.75) is 18.0 Å². The lowest BCUT2D eigenvalue weighted by molar-refractivity contribution is 0.635. The minimum Gasteiger partial charge on any atom is -0.367 e. The molecule has 1 nitrogen and oxygen atoms in total. The monoisotopic (exact) mass is 694 g/mol. The normalized spacial score (nSPS) is 12.9. The lowest BCUT2D eigenvalue weighted by Crippen LogP contribution is -2.45. The molecule has 0 amide bonds. The van der Waals surface area contributed by atoms with Crippen molar-refractivity contribution in [1.82, 2.24) is 0 Å². The molecule has 250 valence electrons. The lowest BCUT2D eigenvalue weighted by Gasteiger charge is -2.39. The van der Waals surface area contributed by atoms with Crippen molar-refractivity contribution in [2.24, 2.45) is 0 Å². The first-order valence-corrected chi connectivity index (χ1v) is 22.9. The zero-order valence-electron chi connectivity index (χ0n) is 29.6. The fourth-order valence-corrected chi connectivity index (χ4v) is 14.0. The fourth-order valence-electron chi connectivity index (χ4n) is 7.34. The van der Waals surface area contributed by atoms with Crippen molar-refractivity contribution in [3.05, 3.63) is 180 Å². The maximum atomic E-state index is 7.11. The molecule has 0 N–H and O–H groups in total. The van der Waals surface area contributed by atoms with Gasteiger partial charge in [-0.1, -0.05) is 158 Å². The van der Waals surface area contributed by atoms with Crippen LogP contribution in [0.4, 0.5) is 0 Å². The van der Waals surface area contributed by atoms with E-state index in [-0.39, 0.29) is 0 Å². The third-order valence-electron chi connectivity index (χ3n) is 9.98. The van der Waals surface area contributed by atoms with Crippen molar-refractivity contribution in [3.63, 3.8) is 0 Å². The van der Waals surface area contributed by atoms with E-state index in [9.17, 15) is 0 Å². The zero-order valence-corrected chi connectivity index (χ0v) is 31.5. The first kappa shape index (κ1) is 33.0. The van der Waals surface area contributed by atoms with Crippen LogP contribution in [0, 0.1) is 0 Å². The molecule has 3 heteroatoms. The summed E-state index contributed by atoms with van der Waals surface area (Å²) < 4.78 is 7.11. The van der Waals surface area contributed by atoms with Crippen molar-refractivity contribution in [3.8, 4) is 0 Å². The van der Waals surface area contributed by atoms with E-state index < -0.39 is 18.6 Å². The number of fused-ring (bicyclic) bond motifs is 4. The molecule has 0 saturated heterocycles. The maximum Gasteiger partial charge on any atom is 0.233 e. The van der Waals surface area contributed by atoms with Gasteiger partial charge in [0, 0.05) is 4.90 Å². The van der Waals surface area contributed by atoms with E-state index in [0.717, 1.165) is 0 Å². The first-order valence-electron chi connectivity index (χ1n) is 17.6. The highest BCUT2D eigenvalue weighted by Crippen LogP contribution is 2.52. The molecular weight excluding hydrogens is 653 g/mol. The van der Waals surface area contributed by atoms with E-state index in [2.05, 4.69) is 208 Å². The first-order chi connectivity index (χ1) is 24.7. The van der Waals surface area contributed by atoms with Crippen LogP contribution in [-0.2, 0) is 3.87 Å². The molecule has 0 atom stereocenters. The standard InChI is InChI=1S/C48H42OSSi/c1-50(2,41-27-21-35(22-28-41)25-31-47-43-17-9-5-13-37(43)33-38-14-6-10-18-44(38)47)49-51(3,4)42-29-23-36(24-30-42)26-32-48-45-19-11-7-15-39(45)34-40-16-8-12-20-46(40)48/h5-34H,1-4H3/b31-25+,32-26+. The molecular formula is C48H42OSSi. The van der Waals surface area contributed by atoms with Gasteiger partial charge in [0.15, 0.2) is 0 Å². The molecule has 8 aromatic carbocycles. The molecule has 0 spiro atoms. The Balaban J connectivity index is 0.997. The van der Waals surface area contributed by atoms with Gasteiger partial charge in [-0.3, -0.25) is 0 Å². The van der Waals surface area contributed by atoms with Crippen molar-refractivity contribution < 1.29 is 3.87 Å². The Hall–Kier alpha value is -5.19. The molecule has 0 fully saturated rings. The summed E-state index contributed by atoms with van der Waals surface area (Å²) in [7, 11) is -3.69. The largest absolute Gasteiger partial charge is 0.367 e. The smallest absolute Gasteiger partial charge is 0.233 e. The van der Waals surface area contributed by atoms with E-state index >= 15 is 0 Å². The maximum absolute atomic E-state index is 7.11. The fraction of sp³-hybridized carbons (Fsp3) is 0.0833. The van der Waals surface area contributed by atoms with Crippen LogP contribution in [0.15, 0.2) is 163 Å². The molecule has 0 saturated carbocycles. The number of hydrogen-bond acceptors (Lipinski definition) is 1. The van der Waals surface area contributed by atoms with Crippen LogP contribution in [0.5, 0.6) is 0 Å². The van der Waals surface area contributed by atoms with Gasteiger partial charge in [-0.25, -0.2) is 0 Å². The molecule has 0 unspecified atom stereocenters. The summed E-state index contributed by atoms with van der Waals surface area (Å²) in [4.78, 5) is 1.26. The highest BCUT2D eigenvalue weighted by Gasteiger charge is 2.32. The second kappa shape index (κ2) is 13.5. The third-order valence-corrected chi connectivity index (χ3v) is 16.4. The summed E-state index contributed by atoms with van der Waals surface area (Å²) in [5, 5.41) is 11.5. The predicted octanol–water partition coefficient (Wildman–Crippen LogP) is 13.1. The number of rotatable bonds is 8. The van der Waals surface area contributed by atoms with E-state index in [1.807, 2.05) is 0 Å². The number of hydrogen-bond donors (Lipinski definition) is 0. The van der Waals surface area contributed by atoms with Gasteiger partial charge in [0.05, 0.1) is 0 Å². The van der Waals surface area contributed by atoms with E-state index in [1.165, 1.54) is 75.4 Å². The molecule has 0 aliphatic rings. The molecule has 0 aliphatic heterocycles. The van der Waals surface area contributed by atoms with Gasteiger partial charge in [0.1, 0.15) is 0 Å².